The fraction of sp³-hybridized carbons (Fsp3) is 1.00. The molecule has 2 atom stereocenters. The van der Waals surface area contributed by atoms with Gasteiger partial charge in [0, 0.05) is 13.1 Å². The Balaban J connectivity index is 2.35. The summed E-state index contributed by atoms with van der Waals surface area (Å²) in [7, 11) is 0. The third-order valence-corrected chi connectivity index (χ3v) is 1.90. The molecule has 0 spiro atoms. The van der Waals surface area contributed by atoms with Gasteiger partial charge in [-0.2, -0.15) is 0 Å². The Morgan fingerprint density at radius 2 is 2.33 bits per heavy atom. The first-order valence-corrected chi connectivity index (χ1v) is 3.34. The molecule has 0 saturated carbocycles. The van der Waals surface area contributed by atoms with Gasteiger partial charge in [0.05, 0.1) is 0 Å². The first-order valence-electron chi connectivity index (χ1n) is 3.34. The Kier molecular flexibility index (Phi) is 2.03. The fourth-order valence-electron chi connectivity index (χ4n) is 1.05. The van der Waals surface area contributed by atoms with E-state index in [9.17, 15) is 4.39 Å². The van der Waals surface area contributed by atoms with Crippen LogP contribution in [-0.2, 0) is 0 Å². The second-order valence-corrected chi connectivity index (χ2v) is 2.78. The molecular weight excluding hydrogens is 119 g/mol. The number of halogens is 1. The molecule has 1 rings (SSSR count). The topological polar surface area (TPSA) is 29.3 Å². The van der Waals surface area contributed by atoms with Gasteiger partial charge in [0.25, 0.3) is 0 Å². The van der Waals surface area contributed by atoms with Gasteiger partial charge in [-0.25, -0.2) is 9.40 Å². The Bertz CT molecular complexity index is 97.1. The zero-order chi connectivity index (χ0) is 6.85. The fourth-order valence-corrected chi connectivity index (χ4v) is 1.05. The second-order valence-electron chi connectivity index (χ2n) is 2.78. The van der Waals surface area contributed by atoms with Crippen LogP contribution in [0.2, 0.25) is 0 Å². The van der Waals surface area contributed by atoms with E-state index < -0.39 is 6.17 Å². The van der Waals surface area contributed by atoms with E-state index in [0.29, 0.717) is 6.54 Å². The lowest BCUT2D eigenvalue weighted by atomic mass is 9.98. The first kappa shape index (κ1) is 6.96. The van der Waals surface area contributed by atoms with Gasteiger partial charge >= 0.3 is 0 Å². The quantitative estimate of drug-likeness (QED) is 0.487. The Hall–Kier alpha value is -0.150. The lowest BCUT2D eigenvalue weighted by Crippen LogP contribution is -2.44. The average Bonchev–Trinajstić information content (AvgIpc) is 1.80. The van der Waals surface area contributed by atoms with Crippen molar-refractivity contribution in [2.75, 3.05) is 13.1 Å². The number of nitrogens with two attached hydrogens (primary N) is 1. The van der Waals surface area contributed by atoms with Gasteiger partial charge in [0.1, 0.15) is 6.17 Å². The van der Waals surface area contributed by atoms with Crippen molar-refractivity contribution in [3.8, 4) is 0 Å². The molecule has 1 fully saturated rings. The molecule has 1 aliphatic heterocycles. The highest BCUT2D eigenvalue weighted by Gasteiger charge is 2.23. The van der Waals surface area contributed by atoms with Gasteiger partial charge in [0.15, 0.2) is 0 Å². The summed E-state index contributed by atoms with van der Waals surface area (Å²) in [6.07, 6.45) is 0.168. The molecule has 0 aromatic carbocycles. The molecule has 54 valence electrons. The van der Waals surface area contributed by atoms with E-state index in [2.05, 4.69) is 0 Å². The minimum Gasteiger partial charge on any atom is -0.269 e. The zero-order valence-corrected chi connectivity index (χ0v) is 5.68. The summed E-state index contributed by atoms with van der Waals surface area (Å²) in [5, 5.41) is 1.55. The number of rotatable bonds is 0. The molecule has 0 bridgehead atoms. The maximum absolute atomic E-state index is 12.7. The minimum atomic E-state index is -0.719. The third kappa shape index (κ3) is 1.63. The van der Waals surface area contributed by atoms with Crippen molar-refractivity contribution in [2.45, 2.75) is 19.5 Å². The maximum atomic E-state index is 12.7. The molecule has 3 heteroatoms. The van der Waals surface area contributed by atoms with Gasteiger partial charge in [-0.15, -0.1) is 0 Å². The first-order chi connectivity index (χ1) is 4.20. The van der Waals surface area contributed by atoms with Crippen LogP contribution < -0.4 is 5.84 Å². The SMILES string of the molecule is C[C@H]1CCN(N)C[C@@H]1F. The van der Waals surface area contributed by atoms with E-state index in [4.69, 9.17) is 5.84 Å². The number of hydrogen-bond donors (Lipinski definition) is 1. The summed E-state index contributed by atoms with van der Waals surface area (Å²) >= 11 is 0. The smallest absolute Gasteiger partial charge is 0.117 e. The molecule has 0 radical (unpaired) electrons. The van der Waals surface area contributed by atoms with Crippen molar-refractivity contribution in [1.29, 1.82) is 0 Å². The van der Waals surface area contributed by atoms with E-state index in [0.717, 1.165) is 13.0 Å². The molecule has 1 saturated heterocycles. The van der Waals surface area contributed by atoms with Gasteiger partial charge in [0.2, 0.25) is 0 Å². The Morgan fingerprint density at radius 3 is 2.78 bits per heavy atom. The molecule has 1 aliphatic rings. The van der Waals surface area contributed by atoms with Crippen molar-refractivity contribution in [1.82, 2.24) is 5.01 Å². The van der Waals surface area contributed by atoms with Gasteiger partial charge < -0.3 is 0 Å². The predicted octanol–water partition coefficient (Wildman–Crippen LogP) is 0.540. The Labute approximate surface area is 54.8 Å². The summed E-state index contributed by atoms with van der Waals surface area (Å²) < 4.78 is 12.7. The van der Waals surface area contributed by atoms with Crippen LogP contribution in [-0.4, -0.2) is 24.3 Å². The van der Waals surface area contributed by atoms with Crippen LogP contribution in [0.3, 0.4) is 0 Å². The monoisotopic (exact) mass is 132 g/mol. The highest BCUT2D eigenvalue weighted by atomic mass is 19.1. The number of hydrogen-bond acceptors (Lipinski definition) is 2. The standard InChI is InChI=1S/C6H13FN2/c1-5-2-3-9(8)4-6(5)7/h5-6H,2-4,8H2,1H3/t5-,6-/m0/s1. The van der Waals surface area contributed by atoms with E-state index in [-0.39, 0.29) is 5.92 Å². The van der Waals surface area contributed by atoms with Crippen LogP contribution in [0.25, 0.3) is 0 Å². The number of hydrazine groups is 1. The van der Waals surface area contributed by atoms with Crippen molar-refractivity contribution in [3.63, 3.8) is 0 Å². The molecule has 0 amide bonds. The highest BCUT2D eigenvalue weighted by Crippen LogP contribution is 2.17. The van der Waals surface area contributed by atoms with E-state index in [1.807, 2.05) is 6.92 Å². The largest absolute Gasteiger partial charge is 0.269 e. The average molecular weight is 132 g/mol. The van der Waals surface area contributed by atoms with Gasteiger partial charge in [-0.3, -0.25) is 5.84 Å². The van der Waals surface area contributed by atoms with Crippen LogP contribution in [0.4, 0.5) is 4.39 Å². The van der Waals surface area contributed by atoms with Crippen molar-refractivity contribution >= 4 is 0 Å². The van der Waals surface area contributed by atoms with Crippen molar-refractivity contribution < 1.29 is 4.39 Å². The number of alkyl halides is 1. The second kappa shape index (κ2) is 2.62. The van der Waals surface area contributed by atoms with Crippen LogP contribution in [0.5, 0.6) is 0 Å². The molecule has 9 heavy (non-hydrogen) atoms. The molecular formula is C6H13FN2. The van der Waals surface area contributed by atoms with Crippen LogP contribution in [0, 0.1) is 5.92 Å². The summed E-state index contributed by atoms with van der Waals surface area (Å²) in [5.74, 6) is 5.58. The summed E-state index contributed by atoms with van der Waals surface area (Å²) in [5.41, 5.74) is 0. The van der Waals surface area contributed by atoms with Crippen LogP contribution >= 0.6 is 0 Å². The highest BCUT2D eigenvalue weighted by molar-refractivity contribution is 4.74. The predicted molar refractivity (Wildman–Crippen MR) is 34.4 cm³/mol. The van der Waals surface area contributed by atoms with Crippen molar-refractivity contribution in [2.24, 2.45) is 11.8 Å². The van der Waals surface area contributed by atoms with Crippen LogP contribution in [0.15, 0.2) is 0 Å². The normalized spacial score (nSPS) is 39.0. The molecule has 0 aliphatic carbocycles. The molecule has 0 aromatic rings. The minimum absolute atomic E-state index is 0.199. The lowest BCUT2D eigenvalue weighted by Gasteiger charge is -2.29. The summed E-state index contributed by atoms with van der Waals surface area (Å²) in [4.78, 5) is 0. The van der Waals surface area contributed by atoms with E-state index in [1.165, 1.54) is 0 Å². The van der Waals surface area contributed by atoms with Gasteiger partial charge in [-0.1, -0.05) is 6.92 Å². The number of piperidine rings is 1. The number of nitrogens with zero attached hydrogens (tertiary/aromatic N) is 1. The third-order valence-electron chi connectivity index (χ3n) is 1.90. The lowest BCUT2D eigenvalue weighted by molar-refractivity contribution is 0.0941. The molecule has 2 N–H and O–H groups in total. The molecule has 0 aromatic heterocycles. The molecule has 1 heterocycles. The molecule has 0 unspecified atom stereocenters. The van der Waals surface area contributed by atoms with E-state index in [1.54, 1.807) is 5.01 Å². The summed E-state index contributed by atoms with van der Waals surface area (Å²) in [6, 6.07) is 0. The maximum Gasteiger partial charge on any atom is 0.117 e. The summed E-state index contributed by atoms with van der Waals surface area (Å²) in [6.45, 7) is 3.17. The molecule has 2 nitrogen and oxygen atoms in total. The zero-order valence-electron chi connectivity index (χ0n) is 5.68. The van der Waals surface area contributed by atoms with Crippen LogP contribution in [0.1, 0.15) is 13.3 Å². The Morgan fingerprint density at radius 1 is 1.67 bits per heavy atom. The van der Waals surface area contributed by atoms with E-state index >= 15 is 0 Å². The van der Waals surface area contributed by atoms with Gasteiger partial charge in [-0.05, 0) is 12.3 Å². The van der Waals surface area contributed by atoms with Crippen molar-refractivity contribution in [3.05, 3.63) is 0 Å².